The first-order chi connectivity index (χ1) is 17.7. The Balaban J connectivity index is 1.21. The normalized spacial score (nSPS) is 15.1. The minimum atomic E-state index is -0.162. The lowest BCUT2D eigenvalue weighted by Gasteiger charge is -2.35. The lowest BCUT2D eigenvalue weighted by molar-refractivity contribution is -0.238. The molecule has 1 aliphatic rings. The number of nitrogens with one attached hydrogen (secondary N) is 2. The second kappa shape index (κ2) is 10.2. The number of nitrogens with zero attached hydrogens (tertiary/aromatic N) is 7. The van der Waals surface area contributed by atoms with Gasteiger partial charge in [-0.25, -0.2) is 4.98 Å². The van der Waals surface area contributed by atoms with Crippen LogP contribution < -0.4 is 16.4 Å². The number of aromatic nitrogens is 6. The van der Waals surface area contributed by atoms with E-state index in [0.29, 0.717) is 23.5 Å². The Hall–Kier alpha value is -3.96. The highest BCUT2D eigenvalue weighted by molar-refractivity contribution is 5.72. The fourth-order valence-electron chi connectivity index (χ4n) is 4.32. The Bertz CT molecular complexity index is 1330. The van der Waals surface area contributed by atoms with Crippen LogP contribution >= 0.6 is 0 Å². The monoisotopic (exact) mass is 502 g/mol. The van der Waals surface area contributed by atoms with Gasteiger partial charge < -0.3 is 16.4 Å². The Kier molecular flexibility index (Phi) is 6.81. The zero-order valence-corrected chi connectivity index (χ0v) is 21.7. The van der Waals surface area contributed by atoms with Gasteiger partial charge in [0.05, 0.1) is 41.6 Å². The van der Waals surface area contributed by atoms with E-state index in [1.54, 1.807) is 17.1 Å². The van der Waals surface area contributed by atoms with Crippen molar-refractivity contribution in [2.24, 2.45) is 7.05 Å². The average Bonchev–Trinajstić information content (AvgIpc) is 3.51. The first kappa shape index (κ1) is 24.7. The average molecular weight is 503 g/mol. The molecule has 4 aromatic rings. The maximum atomic E-state index is 6.11. The summed E-state index contributed by atoms with van der Waals surface area (Å²) in [6.07, 6.45) is 11.2. The van der Waals surface area contributed by atoms with Crippen molar-refractivity contribution < 1.29 is 4.84 Å². The van der Waals surface area contributed by atoms with Gasteiger partial charge in [0.25, 0.3) is 0 Å². The van der Waals surface area contributed by atoms with Crippen molar-refractivity contribution in [3.05, 3.63) is 55.2 Å². The smallest absolute Gasteiger partial charge is 0.229 e. The fraction of sp³-hybridized carbons (Fsp3) is 0.385. The highest BCUT2D eigenvalue weighted by Crippen LogP contribution is 2.28. The molecule has 0 bridgehead atoms. The van der Waals surface area contributed by atoms with Crippen LogP contribution in [0.2, 0.25) is 0 Å². The molecule has 1 aliphatic heterocycles. The van der Waals surface area contributed by atoms with Crippen LogP contribution in [0.4, 0.5) is 28.8 Å². The molecule has 0 radical (unpaired) electrons. The Morgan fingerprint density at radius 3 is 2.35 bits per heavy atom. The molecular formula is C26H34N10O. The van der Waals surface area contributed by atoms with Crippen molar-refractivity contribution in [1.29, 1.82) is 0 Å². The van der Waals surface area contributed by atoms with Gasteiger partial charge in [0.1, 0.15) is 0 Å². The van der Waals surface area contributed by atoms with Crippen LogP contribution in [-0.2, 0) is 11.9 Å². The molecule has 5 rings (SSSR count). The van der Waals surface area contributed by atoms with E-state index in [1.165, 1.54) is 0 Å². The van der Waals surface area contributed by atoms with Gasteiger partial charge in [-0.1, -0.05) is 12.1 Å². The summed E-state index contributed by atoms with van der Waals surface area (Å²) < 4.78 is 3.80. The number of hydroxylamine groups is 2. The van der Waals surface area contributed by atoms with Gasteiger partial charge in [-0.05, 0) is 51.3 Å². The van der Waals surface area contributed by atoms with Crippen molar-refractivity contribution in [3.8, 4) is 11.1 Å². The standard InChI is InChI=1S/C26H34N10O/c1-26(2,3)37-35-11-9-22(10-12-35)36-16-19(13-30-36)18-5-7-20(8-6-18)31-24-23(27)15-28-25(33-24)32-21-14-29-34(4)17-21/h5-8,13-17,22H,9-12,27H2,1-4H3,(H2,28,31,32,33). The number of nitrogens with two attached hydrogens (primary N) is 1. The van der Waals surface area contributed by atoms with Crippen molar-refractivity contribution in [1.82, 2.24) is 34.6 Å². The summed E-state index contributed by atoms with van der Waals surface area (Å²) in [4.78, 5) is 14.8. The van der Waals surface area contributed by atoms with Crippen LogP contribution in [0.3, 0.4) is 0 Å². The third-order valence-electron chi connectivity index (χ3n) is 6.06. The predicted molar refractivity (Wildman–Crippen MR) is 145 cm³/mol. The zero-order valence-electron chi connectivity index (χ0n) is 21.7. The van der Waals surface area contributed by atoms with Crippen LogP contribution in [0.1, 0.15) is 39.7 Å². The molecule has 0 amide bonds. The number of piperidine rings is 1. The highest BCUT2D eigenvalue weighted by atomic mass is 16.7. The van der Waals surface area contributed by atoms with Gasteiger partial charge in [-0.15, -0.1) is 0 Å². The van der Waals surface area contributed by atoms with Crippen LogP contribution in [0.15, 0.2) is 55.2 Å². The first-order valence-corrected chi connectivity index (χ1v) is 12.5. The van der Waals surface area contributed by atoms with E-state index in [1.807, 2.05) is 31.6 Å². The molecule has 1 saturated heterocycles. The molecule has 1 aromatic carbocycles. The van der Waals surface area contributed by atoms with Crippen LogP contribution in [0, 0.1) is 0 Å². The predicted octanol–water partition coefficient (Wildman–Crippen LogP) is 4.51. The van der Waals surface area contributed by atoms with E-state index >= 15 is 0 Å². The molecule has 194 valence electrons. The molecule has 0 aliphatic carbocycles. The number of rotatable bonds is 7. The molecule has 0 saturated carbocycles. The second-order valence-corrected chi connectivity index (χ2v) is 10.3. The lowest BCUT2D eigenvalue weighted by Crippen LogP contribution is -2.40. The van der Waals surface area contributed by atoms with E-state index in [9.17, 15) is 0 Å². The summed E-state index contributed by atoms with van der Waals surface area (Å²) in [5.74, 6) is 0.966. The second-order valence-electron chi connectivity index (χ2n) is 10.3. The molecule has 0 spiro atoms. The molecular weight excluding hydrogens is 468 g/mol. The molecule has 11 nitrogen and oxygen atoms in total. The number of benzene rings is 1. The summed E-state index contributed by atoms with van der Waals surface area (Å²) in [6, 6.07) is 8.52. The number of hydrogen-bond donors (Lipinski definition) is 3. The van der Waals surface area contributed by atoms with Crippen LogP contribution in [0.25, 0.3) is 11.1 Å². The van der Waals surface area contributed by atoms with Crippen LogP contribution in [-0.4, -0.2) is 53.3 Å². The fourth-order valence-corrected chi connectivity index (χ4v) is 4.32. The number of aryl methyl sites for hydroxylation is 1. The van der Waals surface area contributed by atoms with Gasteiger partial charge in [-0.2, -0.15) is 20.2 Å². The molecule has 3 aromatic heterocycles. The highest BCUT2D eigenvalue weighted by Gasteiger charge is 2.25. The Morgan fingerprint density at radius 2 is 1.68 bits per heavy atom. The zero-order chi connectivity index (χ0) is 26.0. The van der Waals surface area contributed by atoms with Crippen LogP contribution in [0.5, 0.6) is 0 Å². The van der Waals surface area contributed by atoms with Gasteiger partial charge in [0.15, 0.2) is 5.82 Å². The molecule has 0 unspecified atom stereocenters. The number of nitrogen functional groups attached to an aromatic ring is 1. The van der Waals surface area contributed by atoms with Gasteiger partial charge >= 0.3 is 0 Å². The minimum Gasteiger partial charge on any atom is -0.394 e. The molecule has 0 atom stereocenters. The van der Waals surface area contributed by atoms with E-state index in [2.05, 4.69) is 79.6 Å². The molecule has 37 heavy (non-hydrogen) atoms. The van der Waals surface area contributed by atoms with E-state index < -0.39 is 0 Å². The summed E-state index contributed by atoms with van der Waals surface area (Å²) >= 11 is 0. The third kappa shape index (κ3) is 6.25. The number of anilines is 5. The quantitative estimate of drug-likeness (QED) is 0.335. The summed E-state index contributed by atoms with van der Waals surface area (Å²) in [5.41, 5.74) is 10.3. The van der Waals surface area contributed by atoms with E-state index in [4.69, 9.17) is 10.6 Å². The number of hydrogen-bond acceptors (Lipinski definition) is 9. The first-order valence-electron chi connectivity index (χ1n) is 12.5. The van der Waals surface area contributed by atoms with Gasteiger partial charge in [-0.3, -0.25) is 14.2 Å². The summed E-state index contributed by atoms with van der Waals surface area (Å²) in [7, 11) is 1.85. The SMILES string of the molecule is Cn1cc(Nc2ncc(N)c(Nc3ccc(-c4cnn(C5CCN(OC(C)(C)C)CC5)c4)cc3)n2)cn1. The summed E-state index contributed by atoms with van der Waals surface area (Å²) in [5, 5.41) is 17.3. The molecule has 4 heterocycles. The minimum absolute atomic E-state index is 0.162. The van der Waals surface area contributed by atoms with Gasteiger partial charge in [0, 0.05) is 43.8 Å². The largest absolute Gasteiger partial charge is 0.394 e. The van der Waals surface area contributed by atoms with Crippen molar-refractivity contribution in [3.63, 3.8) is 0 Å². The third-order valence-corrected chi connectivity index (χ3v) is 6.06. The van der Waals surface area contributed by atoms with Crippen molar-refractivity contribution in [2.75, 3.05) is 29.5 Å². The van der Waals surface area contributed by atoms with Gasteiger partial charge in [0.2, 0.25) is 5.95 Å². The maximum absolute atomic E-state index is 6.11. The van der Waals surface area contributed by atoms with Crippen molar-refractivity contribution >= 4 is 28.8 Å². The molecule has 1 fully saturated rings. The maximum Gasteiger partial charge on any atom is 0.229 e. The van der Waals surface area contributed by atoms with E-state index in [0.717, 1.165) is 48.4 Å². The topological polar surface area (TPSA) is 124 Å². The van der Waals surface area contributed by atoms with E-state index in [-0.39, 0.29) is 5.60 Å². The Morgan fingerprint density at radius 1 is 0.919 bits per heavy atom. The molecule has 11 heteroatoms. The Labute approximate surface area is 216 Å². The summed E-state index contributed by atoms with van der Waals surface area (Å²) in [6.45, 7) is 8.06. The molecule has 4 N–H and O–H groups in total. The van der Waals surface area contributed by atoms with Crippen molar-refractivity contribution in [2.45, 2.75) is 45.3 Å². The lowest BCUT2D eigenvalue weighted by atomic mass is 10.1.